The van der Waals surface area contributed by atoms with Crippen molar-refractivity contribution < 1.29 is 23.4 Å². The first kappa shape index (κ1) is 29.6. The standard InChI is InChI=1S/C33H33ClF2N6O3/c1-3-26(44)41-15-19(16-41)14-40(2)31-24-13-37-29(23-11-22(43)10-20-6-4-7-25(34)27(20)23)28(36)30(24)38-32(39-31)45-18-33-8-5-9-42(33)17-21(35)12-33/h3-4,6-7,10-11,13,19,21,43H,1,5,8-9,12,14-18H2,2H3/t21-,33+/m1/s1. The van der Waals surface area contributed by atoms with E-state index in [1.54, 1.807) is 29.2 Å². The second kappa shape index (κ2) is 11.4. The van der Waals surface area contributed by atoms with Crippen LogP contribution in [0.25, 0.3) is 32.9 Å². The SMILES string of the molecule is C=CC(=O)N1CC(CN(C)c2nc(OC[C@@]34CCCN3C[C@H](F)C4)nc3c(F)c(-c4cc(O)cc5cccc(Cl)c45)ncc23)C1. The van der Waals surface area contributed by atoms with Gasteiger partial charge in [-0.3, -0.25) is 14.7 Å². The Bertz CT molecular complexity index is 1840. The van der Waals surface area contributed by atoms with Crippen LogP contribution in [0.4, 0.5) is 14.6 Å². The van der Waals surface area contributed by atoms with Crippen LogP contribution in [0.15, 0.2) is 49.2 Å². The number of carbonyl (C=O) groups is 1. The molecule has 2 aromatic carbocycles. The highest BCUT2D eigenvalue weighted by atomic mass is 35.5. The molecular formula is C33H33ClF2N6O3. The molecule has 3 aliphatic heterocycles. The van der Waals surface area contributed by atoms with E-state index in [1.165, 1.54) is 18.3 Å². The molecule has 12 heteroatoms. The lowest BCUT2D eigenvalue weighted by atomic mass is 9.95. The summed E-state index contributed by atoms with van der Waals surface area (Å²) in [6, 6.07) is 8.22. The predicted octanol–water partition coefficient (Wildman–Crippen LogP) is 5.38. The molecule has 7 rings (SSSR count). The molecule has 5 heterocycles. The van der Waals surface area contributed by atoms with E-state index in [0.29, 0.717) is 65.2 Å². The number of likely N-dealkylation sites (tertiary alicyclic amines) is 1. The first-order valence-corrected chi connectivity index (χ1v) is 15.5. The number of benzene rings is 2. The molecule has 2 aromatic heterocycles. The molecule has 4 aromatic rings. The highest BCUT2D eigenvalue weighted by Crippen LogP contribution is 2.42. The number of nitrogens with zero attached hydrogens (tertiary/aromatic N) is 6. The number of pyridine rings is 1. The smallest absolute Gasteiger partial charge is 0.319 e. The van der Waals surface area contributed by atoms with Crippen LogP contribution >= 0.6 is 11.6 Å². The molecule has 0 saturated carbocycles. The van der Waals surface area contributed by atoms with Crippen LogP contribution in [0.1, 0.15) is 19.3 Å². The number of ether oxygens (including phenoxy) is 1. The number of hydrogen-bond acceptors (Lipinski definition) is 8. The van der Waals surface area contributed by atoms with Gasteiger partial charge in [0.2, 0.25) is 5.91 Å². The maximum Gasteiger partial charge on any atom is 0.319 e. The molecule has 9 nitrogen and oxygen atoms in total. The number of phenolic OH excluding ortho intramolecular Hbond substituents is 1. The van der Waals surface area contributed by atoms with Crippen molar-refractivity contribution in [1.29, 1.82) is 0 Å². The Kier molecular flexibility index (Phi) is 7.48. The maximum atomic E-state index is 16.6. The predicted molar refractivity (Wildman–Crippen MR) is 169 cm³/mol. The molecule has 0 spiro atoms. The van der Waals surface area contributed by atoms with E-state index in [4.69, 9.17) is 21.3 Å². The topological polar surface area (TPSA) is 94.9 Å². The number of alkyl halides is 1. The highest BCUT2D eigenvalue weighted by Gasteiger charge is 2.49. The fourth-order valence-corrected chi connectivity index (χ4v) is 7.52. The van der Waals surface area contributed by atoms with Gasteiger partial charge < -0.3 is 19.6 Å². The van der Waals surface area contributed by atoms with Gasteiger partial charge in [0.25, 0.3) is 0 Å². The number of rotatable bonds is 8. The molecule has 1 N–H and O–H groups in total. The summed E-state index contributed by atoms with van der Waals surface area (Å²) in [7, 11) is 1.85. The van der Waals surface area contributed by atoms with Crippen molar-refractivity contribution in [2.45, 2.75) is 31.0 Å². The van der Waals surface area contributed by atoms with Crippen molar-refractivity contribution in [2.75, 3.05) is 51.3 Å². The van der Waals surface area contributed by atoms with Crippen LogP contribution in [0.5, 0.6) is 11.8 Å². The molecule has 3 saturated heterocycles. The van der Waals surface area contributed by atoms with Crippen molar-refractivity contribution in [2.24, 2.45) is 5.92 Å². The normalized spacial score (nSPS) is 21.7. The summed E-state index contributed by atoms with van der Waals surface area (Å²) in [5.41, 5.74) is -0.129. The molecule has 0 unspecified atom stereocenters. The van der Waals surface area contributed by atoms with Crippen LogP contribution in [0.3, 0.4) is 0 Å². The van der Waals surface area contributed by atoms with E-state index in [-0.39, 0.29) is 41.4 Å². The second-order valence-corrected chi connectivity index (χ2v) is 12.8. The summed E-state index contributed by atoms with van der Waals surface area (Å²) in [6.45, 7) is 6.64. The summed E-state index contributed by atoms with van der Waals surface area (Å²) in [5.74, 6) is -0.273. The summed E-state index contributed by atoms with van der Waals surface area (Å²) >= 11 is 6.55. The van der Waals surface area contributed by atoms with E-state index in [9.17, 15) is 14.3 Å². The summed E-state index contributed by atoms with van der Waals surface area (Å²) in [4.78, 5) is 31.4. The molecule has 0 bridgehead atoms. The van der Waals surface area contributed by atoms with Gasteiger partial charge in [-0.15, -0.1) is 0 Å². The highest BCUT2D eigenvalue weighted by molar-refractivity contribution is 6.36. The zero-order chi connectivity index (χ0) is 31.5. The van der Waals surface area contributed by atoms with Gasteiger partial charge in [-0.2, -0.15) is 9.97 Å². The third-order valence-corrected chi connectivity index (χ3v) is 9.69. The quantitative estimate of drug-likeness (QED) is 0.258. The van der Waals surface area contributed by atoms with Gasteiger partial charge >= 0.3 is 6.01 Å². The minimum Gasteiger partial charge on any atom is -0.508 e. The largest absolute Gasteiger partial charge is 0.508 e. The molecule has 0 aliphatic carbocycles. The molecule has 45 heavy (non-hydrogen) atoms. The van der Waals surface area contributed by atoms with Crippen LogP contribution < -0.4 is 9.64 Å². The third-order valence-electron chi connectivity index (χ3n) is 9.38. The Morgan fingerprint density at radius 1 is 1.29 bits per heavy atom. The Morgan fingerprint density at radius 3 is 2.91 bits per heavy atom. The third kappa shape index (κ3) is 5.21. The van der Waals surface area contributed by atoms with Crippen LogP contribution in [0, 0.1) is 11.7 Å². The number of phenols is 1. The number of amides is 1. The summed E-state index contributed by atoms with van der Waals surface area (Å²) in [5, 5.41) is 12.4. The van der Waals surface area contributed by atoms with E-state index in [2.05, 4.69) is 21.4 Å². The van der Waals surface area contributed by atoms with Crippen molar-refractivity contribution in [3.63, 3.8) is 0 Å². The Labute approximate surface area is 264 Å². The van der Waals surface area contributed by atoms with E-state index in [1.807, 2.05) is 11.9 Å². The number of aromatic hydroxyl groups is 1. The fraction of sp³-hybridized carbons (Fsp3) is 0.394. The molecule has 0 radical (unpaired) electrons. The van der Waals surface area contributed by atoms with E-state index < -0.39 is 17.5 Å². The number of halogens is 3. The fourth-order valence-electron chi connectivity index (χ4n) is 7.23. The van der Waals surface area contributed by atoms with Gasteiger partial charge in [0.15, 0.2) is 5.82 Å². The van der Waals surface area contributed by atoms with Gasteiger partial charge in [0.1, 0.15) is 35.6 Å². The van der Waals surface area contributed by atoms with Crippen molar-refractivity contribution in [1.82, 2.24) is 24.8 Å². The molecule has 234 valence electrons. The Morgan fingerprint density at radius 2 is 2.11 bits per heavy atom. The monoisotopic (exact) mass is 634 g/mol. The molecular weight excluding hydrogens is 602 g/mol. The second-order valence-electron chi connectivity index (χ2n) is 12.4. The number of carbonyl (C=O) groups excluding carboxylic acids is 1. The minimum absolute atomic E-state index is 0.00281. The lowest BCUT2D eigenvalue weighted by Gasteiger charge is -2.40. The van der Waals surface area contributed by atoms with Crippen molar-refractivity contribution in [3.8, 4) is 23.0 Å². The zero-order valence-electron chi connectivity index (χ0n) is 24.8. The van der Waals surface area contributed by atoms with E-state index in [0.717, 1.165) is 19.4 Å². The van der Waals surface area contributed by atoms with Crippen LogP contribution in [-0.4, -0.2) is 93.9 Å². The molecule has 3 fully saturated rings. The Balaban J connectivity index is 1.29. The number of fused-ring (bicyclic) bond motifs is 3. The number of anilines is 1. The molecule has 2 atom stereocenters. The van der Waals surface area contributed by atoms with Crippen molar-refractivity contribution >= 4 is 45.0 Å². The maximum absolute atomic E-state index is 16.6. The van der Waals surface area contributed by atoms with Crippen LogP contribution in [-0.2, 0) is 4.79 Å². The lowest BCUT2D eigenvalue weighted by molar-refractivity contribution is -0.131. The van der Waals surface area contributed by atoms with Gasteiger partial charge in [0, 0.05) is 67.7 Å². The molecule has 3 aliphatic rings. The summed E-state index contributed by atoms with van der Waals surface area (Å²) in [6.07, 6.45) is 4.05. The summed E-state index contributed by atoms with van der Waals surface area (Å²) < 4.78 is 37.3. The lowest BCUT2D eigenvalue weighted by Crippen LogP contribution is -2.53. The van der Waals surface area contributed by atoms with E-state index >= 15 is 4.39 Å². The minimum atomic E-state index is -0.918. The van der Waals surface area contributed by atoms with Gasteiger partial charge in [-0.1, -0.05) is 30.3 Å². The molecule has 1 amide bonds. The number of hydrogen-bond donors (Lipinski definition) is 1. The average Bonchev–Trinajstić information content (AvgIpc) is 3.52. The first-order valence-electron chi connectivity index (χ1n) is 15.1. The average molecular weight is 635 g/mol. The number of aromatic nitrogens is 3. The van der Waals surface area contributed by atoms with Gasteiger partial charge in [-0.05, 0) is 49.0 Å². The zero-order valence-corrected chi connectivity index (χ0v) is 25.6. The van der Waals surface area contributed by atoms with Gasteiger partial charge in [-0.25, -0.2) is 8.78 Å². The first-order chi connectivity index (χ1) is 21.7. The van der Waals surface area contributed by atoms with Crippen LogP contribution in [0.2, 0.25) is 5.02 Å². The Hall–Kier alpha value is -4.09. The van der Waals surface area contributed by atoms with Gasteiger partial charge in [0.05, 0.1) is 10.9 Å². The van der Waals surface area contributed by atoms with Crippen molar-refractivity contribution in [3.05, 3.63) is 60.0 Å².